The van der Waals surface area contributed by atoms with E-state index in [0.29, 0.717) is 25.0 Å². The Morgan fingerprint density at radius 1 is 1.38 bits per heavy atom. The number of carboxylic acids is 1. The van der Waals surface area contributed by atoms with Gasteiger partial charge < -0.3 is 5.11 Å². The summed E-state index contributed by atoms with van der Waals surface area (Å²) in [6, 6.07) is 2.57. The molecule has 0 spiro atoms. The third-order valence-corrected chi connectivity index (χ3v) is 6.51. The van der Waals surface area contributed by atoms with Crippen LogP contribution < -0.4 is 0 Å². The first-order chi connectivity index (χ1) is 12.0. The van der Waals surface area contributed by atoms with Crippen LogP contribution in [0.4, 0.5) is 13.2 Å². The van der Waals surface area contributed by atoms with E-state index in [4.69, 9.17) is 9.90 Å². The summed E-state index contributed by atoms with van der Waals surface area (Å²) in [5, 5.41) is 11.4. The minimum Gasteiger partial charge on any atom is -0.475 e. The smallest absolute Gasteiger partial charge is 0.475 e. The van der Waals surface area contributed by atoms with E-state index in [1.54, 1.807) is 15.6 Å². The zero-order chi connectivity index (χ0) is 19.5. The van der Waals surface area contributed by atoms with Gasteiger partial charge in [0.25, 0.3) is 0 Å². The lowest BCUT2D eigenvalue weighted by atomic mass is 9.92. The molecule has 2 atom stereocenters. The van der Waals surface area contributed by atoms with Crippen LogP contribution in [-0.2, 0) is 21.4 Å². The highest BCUT2D eigenvalue weighted by atomic mass is 32.2. The monoisotopic (exact) mass is 414 g/mol. The molecule has 1 N–H and O–H groups in total. The number of carboxylic acid groups (broad SMARTS) is 1. The molecule has 0 bridgehead atoms. The number of thiophene rings is 1. The van der Waals surface area contributed by atoms with Gasteiger partial charge in [0, 0.05) is 25.7 Å². The van der Waals surface area contributed by atoms with E-state index in [1.165, 1.54) is 18.2 Å². The van der Waals surface area contributed by atoms with Gasteiger partial charge in [-0.25, -0.2) is 17.5 Å². The Balaban J connectivity index is 0.000000298. The average Bonchev–Trinajstić information content (AvgIpc) is 3.15. The Labute approximate surface area is 154 Å². The second-order valence-corrected chi connectivity index (χ2v) is 9.22. The van der Waals surface area contributed by atoms with E-state index in [1.807, 2.05) is 0 Å². The van der Waals surface area contributed by atoms with Crippen LogP contribution in [0.5, 0.6) is 0 Å². The van der Waals surface area contributed by atoms with Crippen molar-refractivity contribution in [2.24, 2.45) is 5.92 Å². The van der Waals surface area contributed by atoms with Gasteiger partial charge in [0.2, 0.25) is 10.0 Å². The Hall–Kier alpha value is -1.17. The van der Waals surface area contributed by atoms with Crippen LogP contribution in [0.3, 0.4) is 0 Å². The molecule has 0 radical (unpaired) electrons. The van der Waals surface area contributed by atoms with Gasteiger partial charge in [0.05, 0.1) is 6.26 Å². The average molecular weight is 414 g/mol. The molecule has 0 aliphatic carbocycles. The zero-order valence-corrected chi connectivity index (χ0v) is 15.8. The Morgan fingerprint density at radius 3 is 2.54 bits per heavy atom. The van der Waals surface area contributed by atoms with Crippen molar-refractivity contribution < 1.29 is 31.5 Å². The van der Waals surface area contributed by atoms with Crippen molar-refractivity contribution in [3.05, 3.63) is 22.4 Å². The van der Waals surface area contributed by atoms with E-state index >= 15 is 0 Å². The van der Waals surface area contributed by atoms with Gasteiger partial charge in [0.15, 0.2) is 0 Å². The molecule has 0 aromatic carbocycles. The Kier molecular flexibility index (Phi) is 6.70. The first-order valence-electron chi connectivity index (χ1n) is 7.99. The molecule has 2 fully saturated rings. The lowest BCUT2D eigenvalue weighted by Crippen LogP contribution is -2.44. The van der Waals surface area contributed by atoms with Crippen molar-refractivity contribution in [1.82, 2.24) is 9.21 Å². The number of fused-ring (bicyclic) bond motifs is 1. The zero-order valence-electron chi connectivity index (χ0n) is 14.1. The highest BCUT2D eigenvalue weighted by Crippen LogP contribution is 2.32. The number of hydrogen-bond donors (Lipinski definition) is 1. The number of halogens is 3. The molecule has 0 amide bonds. The van der Waals surface area contributed by atoms with Gasteiger partial charge in [-0.2, -0.15) is 24.5 Å². The van der Waals surface area contributed by atoms with Crippen LogP contribution >= 0.6 is 11.3 Å². The van der Waals surface area contributed by atoms with E-state index in [9.17, 15) is 21.6 Å². The highest BCUT2D eigenvalue weighted by molar-refractivity contribution is 7.88. The van der Waals surface area contributed by atoms with Crippen molar-refractivity contribution in [3.63, 3.8) is 0 Å². The molecule has 1 aromatic rings. The molecule has 3 rings (SSSR count). The van der Waals surface area contributed by atoms with E-state index in [2.05, 4.69) is 21.7 Å². The van der Waals surface area contributed by atoms with Gasteiger partial charge in [-0.15, -0.1) is 0 Å². The Bertz CT molecular complexity index is 707. The van der Waals surface area contributed by atoms with Crippen LogP contribution in [0.25, 0.3) is 0 Å². The van der Waals surface area contributed by atoms with Gasteiger partial charge in [-0.3, -0.25) is 4.90 Å². The minimum atomic E-state index is -5.08. The second kappa shape index (κ2) is 8.24. The fourth-order valence-corrected chi connectivity index (χ4v) is 4.86. The summed E-state index contributed by atoms with van der Waals surface area (Å²) < 4.78 is 56.8. The summed E-state index contributed by atoms with van der Waals surface area (Å²) >= 11 is 1.73. The van der Waals surface area contributed by atoms with Crippen molar-refractivity contribution in [2.75, 3.05) is 25.9 Å². The molecule has 2 aliphatic rings. The summed E-state index contributed by atoms with van der Waals surface area (Å²) in [6.45, 7) is 3.44. The first kappa shape index (κ1) is 21.1. The highest BCUT2D eigenvalue weighted by Gasteiger charge is 2.41. The molecule has 26 heavy (non-hydrogen) atoms. The summed E-state index contributed by atoms with van der Waals surface area (Å²) in [5.74, 6) is -2.24. The topological polar surface area (TPSA) is 77.9 Å². The maximum atomic E-state index is 11.7. The number of carbonyl (C=O) groups is 1. The molecule has 0 unspecified atom stereocenters. The molecule has 3 heterocycles. The molecule has 1 aromatic heterocycles. The van der Waals surface area contributed by atoms with Gasteiger partial charge in [-0.1, -0.05) is 0 Å². The van der Waals surface area contributed by atoms with Gasteiger partial charge >= 0.3 is 12.1 Å². The quantitative estimate of drug-likeness (QED) is 0.821. The van der Waals surface area contributed by atoms with Crippen LogP contribution in [0.1, 0.15) is 18.4 Å². The first-order valence-corrected chi connectivity index (χ1v) is 10.8. The summed E-state index contributed by atoms with van der Waals surface area (Å²) in [4.78, 5) is 11.4. The molecular formula is C15H21F3N2O4S2. The fourth-order valence-electron chi connectivity index (χ4n) is 3.32. The molecule has 2 saturated heterocycles. The lowest BCUT2D eigenvalue weighted by Gasteiger charge is -2.36. The SMILES string of the molecule is CS(=O)(=O)N1C[C@H]2CCCN(Cc3ccsc3)[C@H]2C1.O=C(O)C(F)(F)F. The molecule has 2 aliphatic heterocycles. The molecular weight excluding hydrogens is 393 g/mol. The third-order valence-electron chi connectivity index (χ3n) is 4.54. The van der Waals surface area contributed by atoms with Crippen molar-refractivity contribution in [3.8, 4) is 0 Å². The molecule has 148 valence electrons. The Morgan fingerprint density at radius 2 is 2.04 bits per heavy atom. The lowest BCUT2D eigenvalue weighted by molar-refractivity contribution is -0.192. The van der Waals surface area contributed by atoms with E-state index in [-0.39, 0.29) is 0 Å². The van der Waals surface area contributed by atoms with Gasteiger partial charge in [0.1, 0.15) is 0 Å². The van der Waals surface area contributed by atoms with Crippen molar-refractivity contribution >= 4 is 27.3 Å². The number of rotatable bonds is 3. The van der Waals surface area contributed by atoms with Crippen LogP contribution in [0, 0.1) is 5.92 Å². The maximum absolute atomic E-state index is 11.7. The minimum absolute atomic E-state index is 0.406. The largest absolute Gasteiger partial charge is 0.490 e. The third kappa shape index (κ3) is 5.66. The summed E-state index contributed by atoms with van der Waals surface area (Å²) in [7, 11) is -3.04. The molecule has 0 saturated carbocycles. The fraction of sp³-hybridized carbons (Fsp3) is 0.667. The number of piperidine rings is 1. The maximum Gasteiger partial charge on any atom is 0.490 e. The van der Waals surface area contributed by atoms with Crippen molar-refractivity contribution in [2.45, 2.75) is 31.6 Å². The number of likely N-dealkylation sites (tertiary alicyclic amines) is 1. The van der Waals surface area contributed by atoms with Crippen LogP contribution in [-0.4, -0.2) is 66.8 Å². The number of aliphatic carboxylic acids is 1. The van der Waals surface area contributed by atoms with Crippen LogP contribution in [0.2, 0.25) is 0 Å². The van der Waals surface area contributed by atoms with Crippen LogP contribution in [0.15, 0.2) is 16.8 Å². The van der Waals surface area contributed by atoms with E-state index in [0.717, 1.165) is 19.5 Å². The number of hydrogen-bond acceptors (Lipinski definition) is 5. The standard InChI is InChI=1S/C13H20N2O2S2.C2HF3O2/c1-19(16,17)15-8-12-3-2-5-14(13(12)9-15)7-11-4-6-18-10-11;3-2(4,5)1(6)7/h4,6,10,12-13H,2-3,5,7-9H2,1H3;(H,6,7)/t12-,13+;/m1./s1. The summed E-state index contributed by atoms with van der Waals surface area (Å²) in [5.41, 5.74) is 1.35. The molecule has 6 nitrogen and oxygen atoms in total. The normalized spacial score (nSPS) is 24.6. The molecule has 11 heteroatoms. The number of sulfonamides is 1. The summed E-state index contributed by atoms with van der Waals surface area (Å²) in [6.07, 6.45) is -1.41. The number of nitrogens with zero attached hydrogens (tertiary/aromatic N) is 2. The number of alkyl halides is 3. The van der Waals surface area contributed by atoms with E-state index < -0.39 is 22.2 Å². The van der Waals surface area contributed by atoms with Crippen molar-refractivity contribution in [1.29, 1.82) is 0 Å². The second-order valence-electron chi connectivity index (χ2n) is 6.45. The predicted octanol–water partition coefficient (Wildman–Crippen LogP) is 2.24. The van der Waals surface area contributed by atoms with Gasteiger partial charge in [-0.05, 0) is 47.7 Å². The predicted molar refractivity (Wildman–Crippen MR) is 91.3 cm³/mol.